The van der Waals surface area contributed by atoms with E-state index in [9.17, 15) is 14.7 Å². The van der Waals surface area contributed by atoms with Crippen LogP contribution in [0.4, 0.5) is 0 Å². The van der Waals surface area contributed by atoms with Crippen LogP contribution in [0.3, 0.4) is 0 Å². The van der Waals surface area contributed by atoms with Crippen LogP contribution in [0.2, 0.25) is 5.02 Å². The summed E-state index contributed by atoms with van der Waals surface area (Å²) in [6, 6.07) is 13.8. The lowest BCUT2D eigenvalue weighted by atomic mass is 10.1. The summed E-state index contributed by atoms with van der Waals surface area (Å²) in [5, 5.41) is 13.3. The van der Waals surface area contributed by atoms with Crippen LogP contribution in [0.5, 0.6) is 0 Å². The Morgan fingerprint density at radius 2 is 1.92 bits per heavy atom. The summed E-state index contributed by atoms with van der Waals surface area (Å²) in [5.74, 6) is -0.750. The van der Waals surface area contributed by atoms with E-state index in [0.29, 0.717) is 21.7 Å². The van der Waals surface area contributed by atoms with Crippen molar-refractivity contribution in [2.24, 2.45) is 0 Å². The molecule has 3 rings (SSSR count). The number of nitrogens with one attached hydrogen (secondary N) is 1. The highest BCUT2D eigenvalue weighted by atomic mass is 35.5. The Labute approximate surface area is 148 Å². The molecule has 0 aliphatic heterocycles. The van der Waals surface area contributed by atoms with Crippen molar-refractivity contribution >= 4 is 28.6 Å². The summed E-state index contributed by atoms with van der Waals surface area (Å²) < 4.78 is 6.54. The molecule has 1 heterocycles. The summed E-state index contributed by atoms with van der Waals surface area (Å²) in [6.45, 7) is 0.292. The number of amides is 1. The number of aromatic nitrogens is 1. The smallest absolute Gasteiger partial charge is 0.408 e. The average molecular weight is 361 g/mol. The first kappa shape index (κ1) is 17.3. The molecular weight excluding hydrogens is 344 g/mol. The molecule has 6 nitrogen and oxygen atoms in total. The number of halogens is 1. The molecule has 130 valence electrons. The fraction of sp³-hybridized carbons (Fsp3) is 0.222. The van der Waals surface area contributed by atoms with Crippen LogP contribution in [0.25, 0.3) is 11.1 Å². The van der Waals surface area contributed by atoms with E-state index in [2.05, 4.69) is 5.32 Å². The minimum atomic E-state index is -0.821. The number of nitrogens with zero attached hydrogens (tertiary/aromatic N) is 1. The zero-order chi connectivity index (χ0) is 17.8. The normalized spacial score (nSPS) is 12.2. The third-order valence-corrected chi connectivity index (χ3v) is 4.14. The number of aliphatic hydroxyl groups is 1. The van der Waals surface area contributed by atoms with Crippen molar-refractivity contribution in [1.29, 1.82) is 0 Å². The van der Waals surface area contributed by atoms with Crippen molar-refractivity contribution in [3.63, 3.8) is 0 Å². The van der Waals surface area contributed by atoms with Gasteiger partial charge in [0.05, 0.1) is 11.6 Å². The molecule has 0 unspecified atom stereocenters. The van der Waals surface area contributed by atoms with Gasteiger partial charge in [-0.05, 0) is 29.8 Å². The van der Waals surface area contributed by atoms with E-state index < -0.39 is 11.9 Å². The molecule has 0 spiro atoms. The Hall–Kier alpha value is -2.57. The highest BCUT2D eigenvalue weighted by molar-refractivity contribution is 6.30. The van der Waals surface area contributed by atoms with Gasteiger partial charge in [-0.15, -0.1) is 0 Å². The van der Waals surface area contributed by atoms with Crippen molar-refractivity contribution in [3.8, 4) is 0 Å². The van der Waals surface area contributed by atoms with Crippen LogP contribution in [0.15, 0.2) is 57.7 Å². The van der Waals surface area contributed by atoms with Crippen molar-refractivity contribution in [2.75, 3.05) is 6.54 Å². The molecule has 0 saturated carbocycles. The van der Waals surface area contributed by atoms with Gasteiger partial charge in [0.15, 0.2) is 5.58 Å². The van der Waals surface area contributed by atoms with E-state index >= 15 is 0 Å². The van der Waals surface area contributed by atoms with Crippen LogP contribution in [-0.4, -0.2) is 22.1 Å². The van der Waals surface area contributed by atoms with E-state index in [1.165, 1.54) is 4.57 Å². The Kier molecular flexibility index (Phi) is 5.21. The molecule has 1 aromatic heterocycles. The largest absolute Gasteiger partial charge is 0.419 e. The third-order valence-electron chi connectivity index (χ3n) is 3.88. The van der Waals surface area contributed by atoms with Crippen LogP contribution >= 0.6 is 11.6 Å². The number of benzene rings is 2. The molecule has 25 heavy (non-hydrogen) atoms. The molecule has 2 N–H and O–H groups in total. The number of carbonyl (C=O) groups is 1. The van der Waals surface area contributed by atoms with E-state index in [1.807, 2.05) is 0 Å². The third kappa shape index (κ3) is 4.10. The molecule has 7 heteroatoms. The topological polar surface area (TPSA) is 84.5 Å². The number of carbonyl (C=O) groups excluding carboxylic acids is 1. The quantitative estimate of drug-likeness (QED) is 0.707. The lowest BCUT2D eigenvalue weighted by molar-refractivity contribution is -0.121. The molecule has 0 radical (unpaired) electrons. The summed E-state index contributed by atoms with van der Waals surface area (Å²) in [6.07, 6.45) is -0.713. The van der Waals surface area contributed by atoms with Gasteiger partial charge in [-0.2, -0.15) is 0 Å². The molecule has 0 saturated heterocycles. The first-order chi connectivity index (χ1) is 12.0. The standard InChI is InChI=1S/C18H17ClN2O4/c19-13-7-5-12(6-8-13)15(22)11-20-17(23)9-10-21-14-3-1-2-4-16(14)25-18(21)24/h1-8,15,22H,9-11H2,(H,20,23)/t15-/m1/s1. The second-order valence-corrected chi connectivity index (χ2v) is 6.05. The van der Waals surface area contributed by atoms with Gasteiger partial charge in [-0.1, -0.05) is 35.9 Å². The fourth-order valence-corrected chi connectivity index (χ4v) is 2.67. The van der Waals surface area contributed by atoms with Crippen LogP contribution in [-0.2, 0) is 11.3 Å². The highest BCUT2D eigenvalue weighted by Gasteiger charge is 2.12. The van der Waals surface area contributed by atoms with Gasteiger partial charge in [0.1, 0.15) is 0 Å². The van der Waals surface area contributed by atoms with Crippen LogP contribution < -0.4 is 11.1 Å². The molecular formula is C18H17ClN2O4. The number of hydrogen-bond acceptors (Lipinski definition) is 4. The number of hydrogen-bond donors (Lipinski definition) is 2. The predicted octanol–water partition coefficient (Wildman–Crippen LogP) is 2.49. The lowest BCUT2D eigenvalue weighted by Gasteiger charge is -2.12. The van der Waals surface area contributed by atoms with E-state index in [4.69, 9.17) is 16.0 Å². The molecule has 0 bridgehead atoms. The average Bonchev–Trinajstić information content (AvgIpc) is 2.93. The Morgan fingerprint density at radius 1 is 1.20 bits per heavy atom. The number of fused-ring (bicyclic) bond motifs is 1. The second-order valence-electron chi connectivity index (χ2n) is 5.61. The van der Waals surface area contributed by atoms with Gasteiger partial charge >= 0.3 is 5.76 Å². The minimum absolute atomic E-state index is 0.0848. The monoisotopic (exact) mass is 360 g/mol. The lowest BCUT2D eigenvalue weighted by Crippen LogP contribution is -2.30. The van der Waals surface area contributed by atoms with Gasteiger partial charge in [-0.25, -0.2) is 4.79 Å². The first-order valence-corrected chi connectivity index (χ1v) is 8.21. The SMILES string of the molecule is O=C(CCn1c(=O)oc2ccccc21)NC[C@@H](O)c1ccc(Cl)cc1. The number of para-hydroxylation sites is 2. The summed E-state index contributed by atoms with van der Waals surface area (Å²) in [4.78, 5) is 23.8. The van der Waals surface area contributed by atoms with E-state index in [-0.39, 0.29) is 25.4 Å². The molecule has 1 atom stereocenters. The number of aryl methyl sites for hydroxylation is 1. The molecule has 0 aliphatic rings. The number of rotatable bonds is 6. The number of aliphatic hydroxyl groups excluding tert-OH is 1. The van der Waals surface area contributed by atoms with Crippen molar-refractivity contribution in [1.82, 2.24) is 9.88 Å². The Balaban J connectivity index is 1.55. The van der Waals surface area contributed by atoms with Gasteiger partial charge in [0, 0.05) is 24.5 Å². The second kappa shape index (κ2) is 7.55. The summed E-state index contributed by atoms with van der Waals surface area (Å²) in [5.41, 5.74) is 1.81. The molecule has 0 fully saturated rings. The summed E-state index contributed by atoms with van der Waals surface area (Å²) in [7, 11) is 0. The molecule has 1 amide bonds. The predicted molar refractivity (Wildman–Crippen MR) is 94.5 cm³/mol. The zero-order valence-electron chi connectivity index (χ0n) is 13.3. The first-order valence-electron chi connectivity index (χ1n) is 7.83. The minimum Gasteiger partial charge on any atom is -0.408 e. The summed E-state index contributed by atoms with van der Waals surface area (Å²) >= 11 is 5.80. The zero-order valence-corrected chi connectivity index (χ0v) is 14.1. The highest BCUT2D eigenvalue weighted by Crippen LogP contribution is 2.16. The molecule has 3 aromatic rings. The van der Waals surface area contributed by atoms with Crippen molar-refractivity contribution < 1.29 is 14.3 Å². The maximum Gasteiger partial charge on any atom is 0.419 e. The number of oxazole rings is 1. The van der Waals surface area contributed by atoms with Gasteiger partial charge in [0.2, 0.25) is 5.91 Å². The van der Waals surface area contributed by atoms with Crippen molar-refractivity contribution in [3.05, 3.63) is 69.7 Å². The van der Waals surface area contributed by atoms with Gasteiger partial charge < -0.3 is 14.8 Å². The van der Waals surface area contributed by atoms with Crippen LogP contribution in [0, 0.1) is 0 Å². The maximum atomic E-state index is 12.0. The van der Waals surface area contributed by atoms with E-state index in [0.717, 1.165) is 0 Å². The van der Waals surface area contributed by atoms with Gasteiger partial charge in [-0.3, -0.25) is 9.36 Å². The Morgan fingerprint density at radius 3 is 2.68 bits per heavy atom. The van der Waals surface area contributed by atoms with Crippen LogP contribution in [0.1, 0.15) is 18.1 Å². The molecule has 0 aliphatic carbocycles. The Bertz CT molecular complexity index is 930. The maximum absolute atomic E-state index is 12.0. The fourth-order valence-electron chi connectivity index (χ4n) is 2.54. The van der Waals surface area contributed by atoms with E-state index in [1.54, 1.807) is 48.5 Å². The van der Waals surface area contributed by atoms with Crippen molar-refractivity contribution in [2.45, 2.75) is 19.1 Å². The molecule has 2 aromatic carbocycles. The van der Waals surface area contributed by atoms with Gasteiger partial charge in [0.25, 0.3) is 0 Å².